The van der Waals surface area contributed by atoms with E-state index >= 15 is 0 Å². The molecule has 0 bridgehead atoms. The van der Waals surface area contributed by atoms with Crippen molar-refractivity contribution >= 4 is 22.6 Å². The van der Waals surface area contributed by atoms with Crippen LogP contribution in [0.3, 0.4) is 0 Å². The predicted octanol–water partition coefficient (Wildman–Crippen LogP) is 2.55. The molecule has 0 aromatic carbocycles. The number of rotatable bonds is 1. The zero-order chi connectivity index (χ0) is 9.42. The molecule has 2 aromatic heterocycles. The number of alkyl halides is 2. The first-order chi connectivity index (χ1) is 6.16. The van der Waals surface area contributed by atoms with E-state index in [4.69, 9.17) is 11.6 Å². The van der Waals surface area contributed by atoms with E-state index in [0.717, 1.165) is 0 Å². The zero-order valence-electron chi connectivity index (χ0n) is 6.26. The lowest BCUT2D eigenvalue weighted by molar-refractivity contribution is 0.147. The van der Waals surface area contributed by atoms with Gasteiger partial charge in [-0.1, -0.05) is 0 Å². The van der Waals surface area contributed by atoms with Crippen LogP contribution in [0.5, 0.6) is 0 Å². The summed E-state index contributed by atoms with van der Waals surface area (Å²) in [5.74, 6) is 0. The van der Waals surface area contributed by atoms with E-state index in [9.17, 15) is 8.78 Å². The molecule has 0 amide bonds. The number of fused-ring (bicyclic) bond motifs is 1. The van der Waals surface area contributed by atoms with Gasteiger partial charge in [-0.05, 0) is 17.7 Å². The topological polar surface area (TPSA) is 41.6 Å². The molecule has 0 aliphatic rings. The van der Waals surface area contributed by atoms with Gasteiger partial charge in [-0.3, -0.25) is 0 Å². The molecular formula is C7H4ClF2N3. The van der Waals surface area contributed by atoms with Crippen molar-refractivity contribution in [2.24, 2.45) is 0 Å². The van der Waals surface area contributed by atoms with Crippen molar-refractivity contribution in [3.05, 3.63) is 23.2 Å². The first-order valence-corrected chi connectivity index (χ1v) is 3.84. The standard InChI is InChI=1S/C7H4ClF2N3/c8-7-11-2-3-1-4(5(9)10)12-6(3)13-7/h1-2,5H,(H,11,12,13). The smallest absolute Gasteiger partial charge is 0.278 e. The van der Waals surface area contributed by atoms with Gasteiger partial charge in [0.2, 0.25) is 5.28 Å². The summed E-state index contributed by atoms with van der Waals surface area (Å²) in [6.45, 7) is 0. The average molecular weight is 204 g/mol. The molecule has 0 atom stereocenters. The van der Waals surface area contributed by atoms with E-state index in [-0.39, 0.29) is 11.0 Å². The number of halogens is 3. The highest BCUT2D eigenvalue weighted by Crippen LogP contribution is 2.22. The quantitative estimate of drug-likeness (QED) is 0.724. The van der Waals surface area contributed by atoms with Gasteiger partial charge in [0.05, 0.1) is 5.69 Å². The molecule has 0 saturated carbocycles. The third-order valence-corrected chi connectivity index (χ3v) is 1.78. The second-order valence-electron chi connectivity index (χ2n) is 2.47. The van der Waals surface area contributed by atoms with Crippen LogP contribution >= 0.6 is 11.6 Å². The Hall–Kier alpha value is -1.23. The lowest BCUT2D eigenvalue weighted by Crippen LogP contribution is -1.83. The summed E-state index contributed by atoms with van der Waals surface area (Å²) < 4.78 is 24.4. The van der Waals surface area contributed by atoms with Gasteiger partial charge in [0.1, 0.15) is 5.65 Å². The summed E-state index contributed by atoms with van der Waals surface area (Å²) >= 11 is 5.48. The van der Waals surface area contributed by atoms with E-state index in [0.29, 0.717) is 11.0 Å². The van der Waals surface area contributed by atoms with Crippen LogP contribution in [0, 0.1) is 0 Å². The molecule has 0 aliphatic carbocycles. The van der Waals surface area contributed by atoms with Gasteiger partial charge in [-0.2, -0.15) is 4.98 Å². The Labute approximate surface area is 76.8 Å². The minimum absolute atomic E-state index is 0.0372. The second kappa shape index (κ2) is 2.92. The highest BCUT2D eigenvalue weighted by molar-refractivity contribution is 6.28. The minimum atomic E-state index is -2.53. The molecule has 0 aliphatic heterocycles. The van der Waals surface area contributed by atoms with Crippen LogP contribution in [0.15, 0.2) is 12.3 Å². The van der Waals surface area contributed by atoms with Crippen molar-refractivity contribution in [3.63, 3.8) is 0 Å². The fourth-order valence-corrected chi connectivity index (χ4v) is 1.17. The summed E-state index contributed by atoms with van der Waals surface area (Å²) in [6, 6.07) is 1.30. The minimum Gasteiger partial charge on any atom is -0.338 e. The van der Waals surface area contributed by atoms with Crippen LogP contribution in [0.2, 0.25) is 5.28 Å². The molecule has 3 nitrogen and oxygen atoms in total. The van der Waals surface area contributed by atoms with Gasteiger partial charge in [-0.15, -0.1) is 0 Å². The van der Waals surface area contributed by atoms with Crippen LogP contribution in [-0.2, 0) is 0 Å². The first kappa shape index (κ1) is 8.37. The Kier molecular flexibility index (Phi) is 1.88. The third-order valence-electron chi connectivity index (χ3n) is 1.60. The zero-order valence-corrected chi connectivity index (χ0v) is 7.02. The number of nitrogens with one attached hydrogen (secondary N) is 1. The third kappa shape index (κ3) is 1.47. The lowest BCUT2D eigenvalue weighted by atomic mass is 10.4. The summed E-state index contributed by atoms with van der Waals surface area (Å²) in [5.41, 5.74) is 0.155. The maximum absolute atomic E-state index is 12.2. The maximum atomic E-state index is 12.2. The Bertz CT molecular complexity index is 440. The molecule has 6 heteroatoms. The van der Waals surface area contributed by atoms with E-state index in [2.05, 4.69) is 15.0 Å². The summed E-state index contributed by atoms with van der Waals surface area (Å²) in [4.78, 5) is 9.86. The molecule has 1 N–H and O–H groups in total. The van der Waals surface area contributed by atoms with Crippen LogP contribution in [0.1, 0.15) is 12.1 Å². The molecule has 2 heterocycles. The van der Waals surface area contributed by atoms with Crippen molar-refractivity contribution in [2.75, 3.05) is 0 Å². The van der Waals surface area contributed by atoms with Crippen molar-refractivity contribution in [2.45, 2.75) is 6.43 Å². The normalized spacial score (nSPS) is 11.4. The summed E-state index contributed by atoms with van der Waals surface area (Å²) in [5, 5.41) is 0.565. The van der Waals surface area contributed by atoms with Gasteiger partial charge in [-0.25, -0.2) is 13.8 Å². The van der Waals surface area contributed by atoms with E-state index in [1.165, 1.54) is 12.3 Å². The first-order valence-electron chi connectivity index (χ1n) is 3.46. The molecule has 0 unspecified atom stereocenters. The average Bonchev–Trinajstić information content (AvgIpc) is 2.46. The largest absolute Gasteiger partial charge is 0.338 e. The van der Waals surface area contributed by atoms with Gasteiger partial charge in [0.15, 0.2) is 0 Å². The molecule has 0 radical (unpaired) electrons. The number of H-pyrrole nitrogens is 1. The highest BCUT2D eigenvalue weighted by Gasteiger charge is 2.11. The number of nitrogens with zero attached hydrogens (tertiary/aromatic N) is 2. The summed E-state index contributed by atoms with van der Waals surface area (Å²) in [6.07, 6.45) is -1.14. The van der Waals surface area contributed by atoms with Crippen LogP contribution in [0.25, 0.3) is 11.0 Å². The number of aromatic nitrogens is 3. The SMILES string of the molecule is FC(F)c1cc2cnc(Cl)nc2[nH]1. The summed E-state index contributed by atoms with van der Waals surface area (Å²) in [7, 11) is 0. The van der Waals surface area contributed by atoms with E-state index in [1.54, 1.807) is 0 Å². The molecule has 68 valence electrons. The number of aromatic amines is 1. The van der Waals surface area contributed by atoms with Crippen LogP contribution < -0.4 is 0 Å². The van der Waals surface area contributed by atoms with Gasteiger partial charge < -0.3 is 4.98 Å². The van der Waals surface area contributed by atoms with Crippen molar-refractivity contribution < 1.29 is 8.78 Å². The van der Waals surface area contributed by atoms with E-state index < -0.39 is 6.43 Å². The van der Waals surface area contributed by atoms with Crippen LogP contribution in [-0.4, -0.2) is 15.0 Å². The maximum Gasteiger partial charge on any atom is 0.278 e. The monoisotopic (exact) mass is 203 g/mol. The Morgan fingerprint density at radius 3 is 2.92 bits per heavy atom. The van der Waals surface area contributed by atoms with Crippen molar-refractivity contribution in [1.29, 1.82) is 0 Å². The predicted molar refractivity (Wildman–Crippen MR) is 43.9 cm³/mol. The Morgan fingerprint density at radius 2 is 2.23 bits per heavy atom. The van der Waals surface area contributed by atoms with Crippen molar-refractivity contribution in [3.8, 4) is 0 Å². The molecular weight excluding hydrogens is 200 g/mol. The molecule has 0 saturated heterocycles. The lowest BCUT2D eigenvalue weighted by Gasteiger charge is -1.90. The molecule has 13 heavy (non-hydrogen) atoms. The van der Waals surface area contributed by atoms with Gasteiger partial charge >= 0.3 is 0 Å². The van der Waals surface area contributed by atoms with Gasteiger partial charge in [0.25, 0.3) is 6.43 Å². The number of hydrogen-bond donors (Lipinski definition) is 1. The second-order valence-corrected chi connectivity index (χ2v) is 2.81. The highest BCUT2D eigenvalue weighted by atomic mass is 35.5. The molecule has 0 fully saturated rings. The van der Waals surface area contributed by atoms with Gasteiger partial charge in [0, 0.05) is 11.6 Å². The van der Waals surface area contributed by atoms with Crippen molar-refractivity contribution in [1.82, 2.24) is 15.0 Å². The fourth-order valence-electron chi connectivity index (χ4n) is 1.03. The Balaban J connectivity index is 2.62. The Morgan fingerprint density at radius 1 is 1.46 bits per heavy atom. The van der Waals surface area contributed by atoms with Crippen LogP contribution in [0.4, 0.5) is 8.78 Å². The van der Waals surface area contributed by atoms with E-state index in [1.807, 2.05) is 0 Å². The molecule has 2 aromatic rings. The molecule has 2 rings (SSSR count). The fraction of sp³-hybridized carbons (Fsp3) is 0.143. The molecule has 0 spiro atoms. The number of hydrogen-bond acceptors (Lipinski definition) is 2.